The number of methoxy groups -OCH3 is 2. The summed E-state index contributed by atoms with van der Waals surface area (Å²) in [6.45, 7) is 1.01. The van der Waals surface area contributed by atoms with E-state index in [4.69, 9.17) is 23.5 Å². The van der Waals surface area contributed by atoms with Gasteiger partial charge in [0.15, 0.2) is 23.0 Å². The molecule has 2 aromatic carbocycles. The predicted molar refractivity (Wildman–Crippen MR) is 100 cm³/mol. The molecule has 1 aromatic heterocycles. The predicted octanol–water partition coefficient (Wildman–Crippen LogP) is 3.38. The lowest BCUT2D eigenvalue weighted by Gasteiger charge is -2.18. The van der Waals surface area contributed by atoms with E-state index >= 15 is 0 Å². The van der Waals surface area contributed by atoms with Gasteiger partial charge in [0.1, 0.15) is 24.7 Å². The molecule has 144 valence electrons. The van der Waals surface area contributed by atoms with Crippen LogP contribution >= 0.6 is 0 Å². The molecule has 1 N–H and O–H groups in total. The third-order valence-corrected chi connectivity index (χ3v) is 4.23. The molecular formula is C20H18N2O6. The van der Waals surface area contributed by atoms with Crippen molar-refractivity contribution in [2.75, 3.05) is 32.8 Å². The highest BCUT2D eigenvalue weighted by Crippen LogP contribution is 2.35. The van der Waals surface area contributed by atoms with Gasteiger partial charge in [-0.05, 0) is 30.3 Å². The van der Waals surface area contributed by atoms with Gasteiger partial charge >= 0.3 is 0 Å². The van der Waals surface area contributed by atoms with Crippen LogP contribution in [0.2, 0.25) is 0 Å². The van der Waals surface area contributed by atoms with Gasteiger partial charge in [0.05, 0.1) is 19.9 Å². The third-order valence-electron chi connectivity index (χ3n) is 4.23. The molecule has 0 unspecified atom stereocenters. The lowest BCUT2D eigenvalue weighted by Crippen LogP contribution is -2.15. The number of nitrogens with zero attached hydrogens (tertiary/aromatic N) is 1. The first kappa shape index (κ1) is 17.7. The minimum absolute atomic E-state index is 0.141. The Morgan fingerprint density at radius 3 is 2.61 bits per heavy atom. The standard InChI is InChI=1S/C20H18N2O6/c1-24-13-4-5-14(18(10-13)25-2)21-20(23)15-11-17(28-22-15)12-3-6-16-19(9-12)27-8-7-26-16/h3-6,9-11H,7-8H2,1-2H3,(H,21,23). The Morgan fingerprint density at radius 2 is 1.82 bits per heavy atom. The number of carbonyl (C=O) groups is 1. The molecule has 1 aliphatic rings. The van der Waals surface area contributed by atoms with Crippen molar-refractivity contribution < 1.29 is 28.3 Å². The molecule has 0 spiro atoms. The van der Waals surface area contributed by atoms with E-state index in [1.165, 1.54) is 7.11 Å². The van der Waals surface area contributed by atoms with Crippen LogP contribution in [0, 0.1) is 0 Å². The maximum Gasteiger partial charge on any atom is 0.277 e. The fraction of sp³-hybridized carbons (Fsp3) is 0.200. The summed E-state index contributed by atoms with van der Waals surface area (Å²) in [5.41, 5.74) is 1.37. The van der Waals surface area contributed by atoms with E-state index in [0.717, 1.165) is 5.56 Å². The second kappa shape index (κ2) is 7.51. The van der Waals surface area contributed by atoms with E-state index in [0.29, 0.717) is 47.7 Å². The van der Waals surface area contributed by atoms with Crippen LogP contribution in [0.15, 0.2) is 47.0 Å². The first-order valence-corrected chi connectivity index (χ1v) is 8.58. The molecular weight excluding hydrogens is 364 g/mol. The number of carbonyl (C=O) groups excluding carboxylic acids is 1. The Kier molecular flexibility index (Phi) is 4.76. The number of fused-ring (bicyclic) bond motifs is 1. The Labute approximate surface area is 160 Å². The molecule has 0 saturated carbocycles. The molecule has 0 radical (unpaired) electrons. The van der Waals surface area contributed by atoms with Crippen molar-refractivity contribution in [3.63, 3.8) is 0 Å². The van der Waals surface area contributed by atoms with Crippen molar-refractivity contribution in [3.8, 4) is 34.3 Å². The number of rotatable bonds is 5. The molecule has 1 aliphatic heterocycles. The van der Waals surface area contributed by atoms with E-state index in [-0.39, 0.29) is 5.69 Å². The summed E-state index contributed by atoms with van der Waals surface area (Å²) in [7, 11) is 3.07. The van der Waals surface area contributed by atoms with Crippen LogP contribution in [0.3, 0.4) is 0 Å². The fourth-order valence-electron chi connectivity index (χ4n) is 2.80. The number of benzene rings is 2. The molecule has 0 fully saturated rings. The zero-order chi connectivity index (χ0) is 19.5. The Balaban J connectivity index is 1.54. The summed E-state index contributed by atoms with van der Waals surface area (Å²) >= 11 is 0. The van der Waals surface area contributed by atoms with Crippen molar-refractivity contribution in [1.29, 1.82) is 0 Å². The average molecular weight is 382 g/mol. The van der Waals surface area contributed by atoms with E-state index in [1.807, 2.05) is 6.07 Å². The highest BCUT2D eigenvalue weighted by molar-refractivity contribution is 6.04. The van der Waals surface area contributed by atoms with Gasteiger partial charge in [0.2, 0.25) is 0 Å². The smallest absolute Gasteiger partial charge is 0.277 e. The summed E-state index contributed by atoms with van der Waals surface area (Å²) in [5.74, 6) is 2.44. The number of hydrogen-bond donors (Lipinski definition) is 1. The molecule has 4 rings (SSSR count). The summed E-state index contributed by atoms with van der Waals surface area (Å²) in [6, 6.07) is 12.1. The average Bonchev–Trinajstić information content (AvgIpc) is 3.24. The van der Waals surface area contributed by atoms with Crippen LogP contribution in [0.1, 0.15) is 10.5 Å². The minimum Gasteiger partial charge on any atom is -0.497 e. The summed E-state index contributed by atoms with van der Waals surface area (Å²) in [5, 5.41) is 6.62. The molecule has 0 bridgehead atoms. The van der Waals surface area contributed by atoms with Crippen LogP contribution in [0.4, 0.5) is 5.69 Å². The third kappa shape index (κ3) is 3.44. The van der Waals surface area contributed by atoms with Gasteiger partial charge in [-0.15, -0.1) is 0 Å². The van der Waals surface area contributed by atoms with Crippen molar-refractivity contribution in [2.45, 2.75) is 0 Å². The molecule has 8 nitrogen and oxygen atoms in total. The largest absolute Gasteiger partial charge is 0.497 e. The van der Waals surface area contributed by atoms with Gasteiger partial charge in [0.25, 0.3) is 5.91 Å². The van der Waals surface area contributed by atoms with Crippen molar-refractivity contribution >= 4 is 11.6 Å². The van der Waals surface area contributed by atoms with Crippen LogP contribution in [0.5, 0.6) is 23.0 Å². The highest BCUT2D eigenvalue weighted by atomic mass is 16.6. The van der Waals surface area contributed by atoms with Gasteiger partial charge in [-0.1, -0.05) is 5.16 Å². The molecule has 0 saturated heterocycles. The van der Waals surface area contributed by atoms with Gasteiger partial charge in [-0.3, -0.25) is 4.79 Å². The molecule has 0 atom stereocenters. The number of aromatic nitrogens is 1. The van der Waals surface area contributed by atoms with E-state index in [1.54, 1.807) is 43.5 Å². The maximum atomic E-state index is 12.5. The zero-order valence-electron chi connectivity index (χ0n) is 15.4. The zero-order valence-corrected chi connectivity index (χ0v) is 15.4. The maximum absolute atomic E-state index is 12.5. The Bertz CT molecular complexity index is 1010. The van der Waals surface area contributed by atoms with Gasteiger partial charge < -0.3 is 28.8 Å². The van der Waals surface area contributed by atoms with Gasteiger partial charge in [-0.2, -0.15) is 0 Å². The lowest BCUT2D eigenvalue weighted by molar-refractivity contribution is 0.101. The molecule has 8 heteroatoms. The second-order valence-corrected chi connectivity index (χ2v) is 5.96. The fourth-order valence-corrected chi connectivity index (χ4v) is 2.80. The first-order chi connectivity index (χ1) is 13.7. The van der Waals surface area contributed by atoms with Crippen LogP contribution in [-0.4, -0.2) is 38.5 Å². The lowest BCUT2D eigenvalue weighted by atomic mass is 10.1. The van der Waals surface area contributed by atoms with Gasteiger partial charge in [0, 0.05) is 17.7 Å². The number of amides is 1. The van der Waals surface area contributed by atoms with E-state index in [2.05, 4.69) is 10.5 Å². The quantitative estimate of drug-likeness (QED) is 0.723. The molecule has 2 heterocycles. The Hall–Kier alpha value is -3.68. The highest BCUT2D eigenvalue weighted by Gasteiger charge is 2.18. The van der Waals surface area contributed by atoms with Gasteiger partial charge in [-0.25, -0.2) is 0 Å². The monoisotopic (exact) mass is 382 g/mol. The van der Waals surface area contributed by atoms with Crippen molar-refractivity contribution in [3.05, 3.63) is 48.2 Å². The first-order valence-electron chi connectivity index (χ1n) is 8.58. The molecule has 28 heavy (non-hydrogen) atoms. The second-order valence-electron chi connectivity index (χ2n) is 5.96. The van der Waals surface area contributed by atoms with Crippen LogP contribution in [-0.2, 0) is 0 Å². The Morgan fingerprint density at radius 1 is 1.00 bits per heavy atom. The number of nitrogens with one attached hydrogen (secondary N) is 1. The summed E-state index contributed by atoms with van der Waals surface area (Å²) < 4.78 is 26.9. The van der Waals surface area contributed by atoms with Crippen LogP contribution < -0.4 is 24.3 Å². The minimum atomic E-state index is -0.420. The van der Waals surface area contributed by atoms with Crippen molar-refractivity contribution in [2.24, 2.45) is 0 Å². The summed E-state index contributed by atoms with van der Waals surface area (Å²) in [4.78, 5) is 12.5. The SMILES string of the molecule is COc1ccc(NC(=O)c2cc(-c3ccc4c(c3)OCCO4)on2)c(OC)c1. The van der Waals surface area contributed by atoms with E-state index < -0.39 is 5.91 Å². The number of anilines is 1. The molecule has 0 aliphatic carbocycles. The van der Waals surface area contributed by atoms with E-state index in [9.17, 15) is 4.79 Å². The normalized spacial score (nSPS) is 12.4. The van der Waals surface area contributed by atoms with Crippen molar-refractivity contribution in [1.82, 2.24) is 5.16 Å². The molecule has 1 amide bonds. The van der Waals surface area contributed by atoms with Crippen LogP contribution in [0.25, 0.3) is 11.3 Å². The molecule has 3 aromatic rings. The topological polar surface area (TPSA) is 92.1 Å². The number of hydrogen-bond acceptors (Lipinski definition) is 7. The summed E-state index contributed by atoms with van der Waals surface area (Å²) in [6.07, 6.45) is 0. The number of ether oxygens (including phenoxy) is 4.